The van der Waals surface area contributed by atoms with E-state index in [2.05, 4.69) is 28.0 Å². The number of phenols is 1. The number of allylic oxidation sites excluding steroid dienone is 2. The fourth-order valence-electron chi connectivity index (χ4n) is 9.08. The minimum atomic E-state index is -1.63. The molecule has 13 heteroatoms. The van der Waals surface area contributed by atoms with Gasteiger partial charge in [0.25, 0.3) is 11.8 Å². The summed E-state index contributed by atoms with van der Waals surface area (Å²) in [5.41, 5.74) is 3.69. The number of carbonyl (C=O) groups is 4. The van der Waals surface area contributed by atoms with Crippen molar-refractivity contribution in [2.45, 2.75) is 31.1 Å². The molecular weight excluding hydrogens is 844 g/mol. The number of phenolic OH excluding ortho intramolecular Hbond substituents is 1. The number of imide groups is 2. The molecule has 6 unspecified atom stereocenters. The first-order chi connectivity index (χ1) is 26.0. The molecule has 0 radical (unpaired) electrons. The number of nitrogens with one attached hydrogen (secondary N) is 1. The zero-order valence-corrected chi connectivity index (χ0v) is 32.8. The second-order valence-electron chi connectivity index (χ2n) is 13.8. The Morgan fingerprint density at radius 1 is 0.926 bits per heavy atom. The molecule has 2 heterocycles. The molecule has 2 N–H and O–H groups in total. The molecular formula is C41H34Cl2IN3O7. The Morgan fingerprint density at radius 3 is 2.35 bits per heavy atom. The van der Waals surface area contributed by atoms with Crippen LogP contribution in [-0.2, 0) is 24.6 Å². The summed E-state index contributed by atoms with van der Waals surface area (Å²) in [7, 11) is 1.54. The van der Waals surface area contributed by atoms with Crippen LogP contribution in [0.25, 0.3) is 0 Å². The van der Waals surface area contributed by atoms with E-state index in [0.717, 1.165) is 8.58 Å². The number of amides is 4. The smallest absolute Gasteiger partial charge is 0.260 e. The van der Waals surface area contributed by atoms with Gasteiger partial charge in [-0.3, -0.25) is 29.5 Å². The molecule has 8 rings (SSSR count). The summed E-state index contributed by atoms with van der Waals surface area (Å²) in [6.45, 7) is 2.07. The van der Waals surface area contributed by atoms with Gasteiger partial charge in [-0.1, -0.05) is 59.1 Å². The minimum Gasteiger partial charge on any atom is -0.504 e. The topological polar surface area (TPSA) is 125 Å². The van der Waals surface area contributed by atoms with E-state index in [0.29, 0.717) is 33.2 Å². The number of para-hydroxylation sites is 1. The van der Waals surface area contributed by atoms with Gasteiger partial charge < -0.3 is 14.6 Å². The lowest BCUT2D eigenvalue weighted by Gasteiger charge is -2.50. The summed E-state index contributed by atoms with van der Waals surface area (Å²) < 4.78 is 12.3. The predicted octanol–water partition coefficient (Wildman–Crippen LogP) is 7.90. The van der Waals surface area contributed by atoms with Crippen molar-refractivity contribution >= 4 is 80.8 Å². The Balaban J connectivity index is 1.35. The molecule has 2 aliphatic heterocycles. The van der Waals surface area contributed by atoms with E-state index in [-0.39, 0.29) is 53.5 Å². The van der Waals surface area contributed by atoms with Gasteiger partial charge in [0.05, 0.1) is 53.3 Å². The van der Waals surface area contributed by atoms with Gasteiger partial charge in [-0.2, -0.15) is 5.01 Å². The average Bonchev–Trinajstić information content (AvgIpc) is 3.55. The summed E-state index contributed by atoms with van der Waals surface area (Å²) in [5, 5.41) is 13.5. The zero-order chi connectivity index (χ0) is 38.1. The maximum atomic E-state index is 15.5. The largest absolute Gasteiger partial charge is 0.504 e. The van der Waals surface area contributed by atoms with Crippen LogP contribution in [0.15, 0.2) is 96.6 Å². The maximum absolute atomic E-state index is 15.5. The maximum Gasteiger partial charge on any atom is 0.260 e. The highest BCUT2D eigenvalue weighted by atomic mass is 127. The Bertz CT molecular complexity index is 2250. The number of halogens is 3. The van der Waals surface area contributed by atoms with Gasteiger partial charge in [-0.25, -0.2) is 0 Å². The van der Waals surface area contributed by atoms with Crippen molar-refractivity contribution in [3.05, 3.63) is 121 Å². The summed E-state index contributed by atoms with van der Waals surface area (Å²) in [6.07, 6.45) is 2.26. The summed E-state index contributed by atoms with van der Waals surface area (Å²) in [6, 6.07) is 24.0. The second-order valence-corrected chi connectivity index (χ2v) is 15.9. The van der Waals surface area contributed by atoms with Crippen molar-refractivity contribution in [1.82, 2.24) is 5.01 Å². The monoisotopic (exact) mass is 877 g/mol. The van der Waals surface area contributed by atoms with Gasteiger partial charge in [0.15, 0.2) is 11.5 Å². The molecule has 0 bridgehead atoms. The van der Waals surface area contributed by atoms with Crippen molar-refractivity contribution in [1.29, 1.82) is 0 Å². The number of methoxy groups -OCH3 is 1. The number of benzene rings is 4. The number of hydrogen-bond donors (Lipinski definition) is 2. The number of nitrogens with zero attached hydrogens (tertiary/aromatic N) is 2. The number of fused-ring (bicyclic) bond motifs is 4. The van der Waals surface area contributed by atoms with Crippen LogP contribution < -0.4 is 19.8 Å². The molecule has 4 aromatic carbocycles. The third kappa shape index (κ3) is 5.49. The second kappa shape index (κ2) is 13.9. The van der Waals surface area contributed by atoms with Crippen LogP contribution in [0, 0.1) is 27.2 Å². The first-order valence-corrected chi connectivity index (χ1v) is 19.4. The van der Waals surface area contributed by atoms with Crippen LogP contribution in [0.5, 0.6) is 17.2 Å². The van der Waals surface area contributed by atoms with Gasteiger partial charge in [-0.05, 0) is 115 Å². The average molecular weight is 879 g/mol. The quantitative estimate of drug-likeness (QED) is 0.104. The van der Waals surface area contributed by atoms with Crippen molar-refractivity contribution in [2.75, 3.05) is 24.0 Å². The molecule has 4 aromatic rings. The van der Waals surface area contributed by atoms with Crippen LogP contribution in [0.1, 0.15) is 36.8 Å². The number of carbonyl (C=O) groups excluding carboxylic acids is 4. The van der Waals surface area contributed by atoms with Crippen molar-refractivity contribution in [2.24, 2.45) is 23.7 Å². The minimum absolute atomic E-state index is 0.0814. The summed E-state index contributed by atoms with van der Waals surface area (Å²) >= 11 is 14.9. The van der Waals surface area contributed by atoms with Crippen LogP contribution >= 0.6 is 45.8 Å². The van der Waals surface area contributed by atoms with E-state index in [4.69, 9.17) is 32.7 Å². The lowest BCUT2D eigenvalue weighted by atomic mass is 9.49. The first-order valence-electron chi connectivity index (χ1n) is 17.5. The van der Waals surface area contributed by atoms with E-state index >= 15 is 4.79 Å². The third-order valence-electron chi connectivity index (χ3n) is 11.3. The molecule has 10 nitrogen and oxygen atoms in total. The van der Waals surface area contributed by atoms with Crippen LogP contribution in [0.4, 0.5) is 11.4 Å². The van der Waals surface area contributed by atoms with Crippen LogP contribution in [-0.4, -0.2) is 47.5 Å². The highest BCUT2D eigenvalue weighted by molar-refractivity contribution is 14.1. The lowest BCUT2D eigenvalue weighted by Crippen LogP contribution is -2.53. The zero-order valence-electron chi connectivity index (χ0n) is 29.1. The molecule has 2 saturated heterocycles. The van der Waals surface area contributed by atoms with Gasteiger partial charge in [0.1, 0.15) is 5.75 Å². The SMILES string of the molecule is CCOc1cccc(C2C3=CCC4C(=O)N(c5ccc(I)cc5)C(=O)C4C3CC3C(=O)N(Nc4ccc(Cl)cc4Cl)C(=O)C32c2ccc(OC)cc2)c1O. The number of ether oxygens (including phenoxy) is 2. The van der Waals surface area contributed by atoms with Crippen LogP contribution in [0.3, 0.4) is 0 Å². The van der Waals surface area contributed by atoms with Crippen molar-refractivity contribution < 1.29 is 33.8 Å². The molecule has 1 saturated carbocycles. The fraction of sp³-hybridized carbons (Fsp3) is 0.268. The Labute approximate surface area is 335 Å². The Kier molecular flexibility index (Phi) is 9.38. The normalized spacial score (nSPS) is 25.9. The molecule has 6 atom stereocenters. The van der Waals surface area contributed by atoms with Crippen molar-refractivity contribution in [3.63, 3.8) is 0 Å². The van der Waals surface area contributed by atoms with Crippen molar-refractivity contribution in [3.8, 4) is 17.2 Å². The molecule has 276 valence electrons. The molecule has 2 aliphatic carbocycles. The van der Waals surface area contributed by atoms with Crippen LogP contribution in [0.2, 0.25) is 10.0 Å². The molecule has 4 aliphatic rings. The highest BCUT2D eigenvalue weighted by Crippen LogP contribution is 2.65. The fourth-order valence-corrected chi connectivity index (χ4v) is 9.89. The Hall–Kier alpha value is -4.59. The number of hydrazine groups is 1. The molecule has 0 aromatic heterocycles. The number of anilines is 2. The summed E-state index contributed by atoms with van der Waals surface area (Å²) in [5.74, 6) is -5.31. The Morgan fingerprint density at radius 2 is 1.67 bits per heavy atom. The van der Waals surface area contributed by atoms with E-state index in [1.165, 1.54) is 18.1 Å². The summed E-state index contributed by atoms with van der Waals surface area (Å²) in [4.78, 5) is 60.3. The molecule has 54 heavy (non-hydrogen) atoms. The van der Waals surface area contributed by atoms with E-state index in [1.54, 1.807) is 73.7 Å². The molecule has 0 spiro atoms. The van der Waals surface area contributed by atoms with Gasteiger partial charge in [-0.15, -0.1) is 0 Å². The third-order valence-corrected chi connectivity index (χ3v) is 12.6. The predicted molar refractivity (Wildman–Crippen MR) is 212 cm³/mol. The van der Waals surface area contributed by atoms with E-state index in [9.17, 15) is 19.5 Å². The van der Waals surface area contributed by atoms with Gasteiger partial charge >= 0.3 is 0 Å². The number of aromatic hydroxyl groups is 1. The highest BCUT2D eigenvalue weighted by Gasteiger charge is 2.70. The van der Waals surface area contributed by atoms with E-state index in [1.807, 2.05) is 18.2 Å². The van der Waals surface area contributed by atoms with E-state index < -0.39 is 46.8 Å². The van der Waals surface area contributed by atoms with Gasteiger partial charge in [0, 0.05) is 20.1 Å². The molecule has 3 fully saturated rings. The first kappa shape index (κ1) is 36.4. The molecule has 4 amide bonds. The number of hydrogen-bond acceptors (Lipinski definition) is 8. The standard InChI is InChI=1S/C41H34Cl2IN3O7/c1-3-54-33-6-4-5-28(36(33)48)35-26-16-17-27-34(39(51)46(37(27)49)24-12-10-23(44)11-13-24)29(26)20-30-38(50)47(45-32-18-9-22(42)19-31(32)43)40(52)41(30,35)21-7-14-25(53-2)15-8-21/h4-16,18-19,27,29-30,34-35,45,48H,3,17,20H2,1-2H3. The number of rotatable bonds is 8. The van der Waals surface area contributed by atoms with Gasteiger partial charge in [0.2, 0.25) is 11.8 Å². The lowest BCUT2D eigenvalue weighted by molar-refractivity contribution is -0.138.